The van der Waals surface area contributed by atoms with Crippen LogP contribution in [0.3, 0.4) is 0 Å². The van der Waals surface area contributed by atoms with E-state index < -0.39 is 0 Å². The van der Waals surface area contributed by atoms with E-state index in [1.807, 2.05) is 18.7 Å². The van der Waals surface area contributed by atoms with E-state index in [-0.39, 0.29) is 0 Å². The summed E-state index contributed by atoms with van der Waals surface area (Å²) in [5, 5.41) is 0.663. The average Bonchev–Trinajstić information content (AvgIpc) is 2.38. The molecule has 3 heteroatoms. The van der Waals surface area contributed by atoms with Crippen LogP contribution in [-0.2, 0) is 9.47 Å². The third-order valence-electron chi connectivity index (χ3n) is 1.80. The molecule has 2 unspecified atom stereocenters. The zero-order chi connectivity index (χ0) is 8.10. The van der Waals surface area contributed by atoms with Crippen LogP contribution in [0.2, 0.25) is 0 Å². The van der Waals surface area contributed by atoms with Gasteiger partial charge in [-0.05, 0) is 13.3 Å². The standard InChI is InChI=1S/C8H16O2S/c1-3-10-7-4-8(5-9-2)11-6-7/h7-8H,3-6H2,1-2H3. The minimum Gasteiger partial charge on any atom is -0.384 e. The van der Waals surface area contributed by atoms with Gasteiger partial charge in [-0.25, -0.2) is 0 Å². The lowest BCUT2D eigenvalue weighted by atomic mass is 10.2. The minimum absolute atomic E-state index is 0.477. The summed E-state index contributed by atoms with van der Waals surface area (Å²) < 4.78 is 10.6. The van der Waals surface area contributed by atoms with Gasteiger partial charge in [-0.15, -0.1) is 0 Å². The molecule has 11 heavy (non-hydrogen) atoms. The molecule has 0 radical (unpaired) electrons. The fraction of sp³-hybridized carbons (Fsp3) is 1.00. The molecule has 0 N–H and O–H groups in total. The Morgan fingerprint density at radius 2 is 2.36 bits per heavy atom. The second-order valence-corrected chi connectivity index (χ2v) is 4.06. The first kappa shape index (κ1) is 9.36. The SMILES string of the molecule is CCOC1CSC(COC)C1. The van der Waals surface area contributed by atoms with E-state index >= 15 is 0 Å². The van der Waals surface area contributed by atoms with Gasteiger partial charge < -0.3 is 9.47 Å². The zero-order valence-corrected chi connectivity index (χ0v) is 8.02. The molecule has 1 fully saturated rings. The number of ether oxygens (including phenoxy) is 2. The highest BCUT2D eigenvalue weighted by Crippen LogP contribution is 2.28. The molecular weight excluding hydrogens is 160 g/mol. The summed E-state index contributed by atoms with van der Waals surface area (Å²) in [6.07, 6.45) is 1.64. The fourth-order valence-corrected chi connectivity index (χ4v) is 2.63. The summed E-state index contributed by atoms with van der Waals surface area (Å²) in [5.41, 5.74) is 0. The van der Waals surface area contributed by atoms with E-state index in [1.165, 1.54) is 0 Å². The van der Waals surface area contributed by atoms with Gasteiger partial charge in [-0.3, -0.25) is 0 Å². The topological polar surface area (TPSA) is 18.5 Å². The smallest absolute Gasteiger partial charge is 0.0676 e. The van der Waals surface area contributed by atoms with Gasteiger partial charge in [0.15, 0.2) is 0 Å². The van der Waals surface area contributed by atoms with E-state index in [9.17, 15) is 0 Å². The van der Waals surface area contributed by atoms with Crippen molar-refractivity contribution in [1.82, 2.24) is 0 Å². The van der Waals surface area contributed by atoms with Crippen molar-refractivity contribution in [2.75, 3.05) is 26.1 Å². The number of hydrogen-bond donors (Lipinski definition) is 0. The van der Waals surface area contributed by atoms with Gasteiger partial charge in [-0.1, -0.05) is 0 Å². The molecule has 0 aliphatic carbocycles. The predicted octanol–water partition coefficient (Wildman–Crippen LogP) is 1.54. The summed E-state index contributed by atoms with van der Waals surface area (Å²) in [6, 6.07) is 0. The summed E-state index contributed by atoms with van der Waals surface area (Å²) in [5.74, 6) is 1.14. The van der Waals surface area contributed by atoms with Crippen LogP contribution in [0.15, 0.2) is 0 Å². The maximum atomic E-state index is 5.50. The molecule has 0 saturated carbocycles. The predicted molar refractivity (Wildman–Crippen MR) is 48.2 cm³/mol. The Morgan fingerprint density at radius 3 is 3.00 bits per heavy atom. The van der Waals surface area contributed by atoms with Crippen LogP contribution >= 0.6 is 11.8 Å². The van der Waals surface area contributed by atoms with Crippen LogP contribution in [0.4, 0.5) is 0 Å². The first-order valence-corrected chi connectivity index (χ1v) is 5.13. The molecule has 1 aliphatic rings. The Kier molecular flexibility index (Phi) is 4.26. The second-order valence-electron chi connectivity index (χ2n) is 2.72. The Labute approximate surface area is 72.6 Å². The van der Waals surface area contributed by atoms with Crippen molar-refractivity contribution in [2.24, 2.45) is 0 Å². The van der Waals surface area contributed by atoms with Crippen LogP contribution in [0.5, 0.6) is 0 Å². The lowest BCUT2D eigenvalue weighted by molar-refractivity contribution is 0.0732. The first-order chi connectivity index (χ1) is 5.36. The molecule has 0 aromatic carbocycles. The first-order valence-electron chi connectivity index (χ1n) is 4.09. The molecule has 1 aliphatic heterocycles. The van der Waals surface area contributed by atoms with Crippen LogP contribution in [0.25, 0.3) is 0 Å². The molecule has 2 nitrogen and oxygen atoms in total. The monoisotopic (exact) mass is 176 g/mol. The minimum atomic E-state index is 0.477. The Balaban J connectivity index is 2.12. The average molecular weight is 176 g/mol. The lowest BCUT2D eigenvalue weighted by Crippen LogP contribution is -2.14. The molecule has 1 rings (SSSR count). The molecule has 0 amide bonds. The van der Waals surface area contributed by atoms with Crippen molar-refractivity contribution in [3.05, 3.63) is 0 Å². The van der Waals surface area contributed by atoms with Crippen molar-refractivity contribution >= 4 is 11.8 Å². The maximum absolute atomic E-state index is 5.50. The molecule has 0 spiro atoms. The summed E-state index contributed by atoms with van der Waals surface area (Å²) in [6.45, 7) is 3.76. The normalized spacial score (nSPS) is 31.1. The fourth-order valence-electron chi connectivity index (χ4n) is 1.33. The lowest BCUT2D eigenvalue weighted by Gasteiger charge is -2.08. The zero-order valence-electron chi connectivity index (χ0n) is 7.21. The van der Waals surface area contributed by atoms with Gasteiger partial charge in [0.2, 0.25) is 0 Å². The van der Waals surface area contributed by atoms with Gasteiger partial charge in [-0.2, -0.15) is 11.8 Å². The van der Waals surface area contributed by atoms with E-state index in [0.717, 1.165) is 25.4 Å². The molecular formula is C8H16O2S. The van der Waals surface area contributed by atoms with Crippen molar-refractivity contribution in [3.63, 3.8) is 0 Å². The van der Waals surface area contributed by atoms with Gasteiger partial charge in [0.1, 0.15) is 0 Å². The maximum Gasteiger partial charge on any atom is 0.0676 e. The van der Waals surface area contributed by atoms with Crippen molar-refractivity contribution in [3.8, 4) is 0 Å². The van der Waals surface area contributed by atoms with Gasteiger partial charge in [0.25, 0.3) is 0 Å². The summed E-state index contributed by atoms with van der Waals surface area (Å²) in [4.78, 5) is 0. The van der Waals surface area contributed by atoms with E-state index in [0.29, 0.717) is 11.4 Å². The molecule has 1 saturated heterocycles. The third-order valence-corrected chi connectivity index (χ3v) is 3.16. The molecule has 66 valence electrons. The van der Waals surface area contributed by atoms with Gasteiger partial charge in [0.05, 0.1) is 12.7 Å². The molecule has 2 atom stereocenters. The number of thioether (sulfide) groups is 1. The van der Waals surface area contributed by atoms with E-state index in [1.54, 1.807) is 7.11 Å². The molecule has 1 heterocycles. The molecule has 0 bridgehead atoms. The van der Waals surface area contributed by atoms with Crippen LogP contribution < -0.4 is 0 Å². The summed E-state index contributed by atoms with van der Waals surface area (Å²) >= 11 is 1.96. The highest BCUT2D eigenvalue weighted by atomic mass is 32.2. The van der Waals surface area contributed by atoms with Gasteiger partial charge in [0, 0.05) is 24.7 Å². The molecule has 0 aromatic heterocycles. The summed E-state index contributed by atoms with van der Waals surface area (Å²) in [7, 11) is 1.76. The molecule has 0 aromatic rings. The Morgan fingerprint density at radius 1 is 1.55 bits per heavy atom. The Hall–Kier alpha value is 0.270. The Bertz CT molecular complexity index is 96.3. The van der Waals surface area contributed by atoms with Crippen LogP contribution in [0.1, 0.15) is 13.3 Å². The quantitative estimate of drug-likeness (QED) is 0.647. The van der Waals surface area contributed by atoms with E-state index in [2.05, 4.69) is 0 Å². The van der Waals surface area contributed by atoms with Crippen molar-refractivity contribution < 1.29 is 9.47 Å². The van der Waals surface area contributed by atoms with Crippen LogP contribution in [-0.4, -0.2) is 37.4 Å². The number of rotatable bonds is 4. The highest BCUT2D eigenvalue weighted by molar-refractivity contribution is 8.00. The van der Waals surface area contributed by atoms with Crippen LogP contribution in [0, 0.1) is 0 Å². The van der Waals surface area contributed by atoms with E-state index in [4.69, 9.17) is 9.47 Å². The second kappa shape index (κ2) is 5.01. The van der Waals surface area contributed by atoms with Gasteiger partial charge >= 0.3 is 0 Å². The number of hydrogen-bond acceptors (Lipinski definition) is 3. The number of methoxy groups -OCH3 is 1. The highest BCUT2D eigenvalue weighted by Gasteiger charge is 2.24. The largest absolute Gasteiger partial charge is 0.384 e. The third kappa shape index (κ3) is 3.01. The van der Waals surface area contributed by atoms with Crippen molar-refractivity contribution in [1.29, 1.82) is 0 Å². The van der Waals surface area contributed by atoms with Crippen molar-refractivity contribution in [2.45, 2.75) is 24.7 Å².